The van der Waals surface area contributed by atoms with Gasteiger partial charge in [0.25, 0.3) is 0 Å². The Morgan fingerprint density at radius 3 is 1.21 bits per heavy atom. The van der Waals surface area contributed by atoms with E-state index >= 15 is 0 Å². The van der Waals surface area contributed by atoms with Crippen molar-refractivity contribution < 1.29 is 0 Å². The van der Waals surface area contributed by atoms with Gasteiger partial charge in [-0.2, -0.15) is 0 Å². The number of imidazole rings is 2. The molecule has 0 saturated heterocycles. The number of anilines is 3. The maximum atomic E-state index is 5.23. The van der Waals surface area contributed by atoms with Crippen LogP contribution in [-0.4, -0.2) is 18.5 Å². The number of fused-ring (bicyclic) bond motifs is 8. The van der Waals surface area contributed by atoms with E-state index in [1.165, 1.54) is 44.1 Å². The van der Waals surface area contributed by atoms with Gasteiger partial charge in [0.05, 0.1) is 33.1 Å². The first-order chi connectivity index (χ1) is 32.7. The summed E-state index contributed by atoms with van der Waals surface area (Å²) in [6, 6.07) is 89.3. The third-order valence-corrected chi connectivity index (χ3v) is 13.1. The zero-order chi connectivity index (χ0) is 43.6. The second kappa shape index (κ2) is 15.4. The van der Waals surface area contributed by atoms with Crippen LogP contribution < -0.4 is 4.90 Å². The molecule has 0 aliphatic carbocycles. The van der Waals surface area contributed by atoms with Crippen molar-refractivity contribution in [1.29, 1.82) is 0 Å². The van der Waals surface area contributed by atoms with E-state index in [1.807, 2.05) is 0 Å². The normalized spacial score (nSPS) is 11.6. The molecule has 0 unspecified atom stereocenters. The second-order valence-electron chi connectivity index (χ2n) is 16.9. The summed E-state index contributed by atoms with van der Waals surface area (Å²) in [6.07, 6.45) is 0. The van der Waals surface area contributed by atoms with Gasteiger partial charge in [-0.05, 0) is 124 Å². The van der Waals surface area contributed by atoms with Crippen molar-refractivity contribution in [2.45, 2.75) is 0 Å². The zero-order valence-electron chi connectivity index (χ0n) is 35.9. The van der Waals surface area contributed by atoms with E-state index in [0.717, 1.165) is 67.4 Å². The Hall–Kier alpha value is -8.93. The molecular formula is C61H41N5. The average Bonchev–Trinajstić information content (AvgIpc) is 4.04. The van der Waals surface area contributed by atoms with Gasteiger partial charge in [-0.25, -0.2) is 4.98 Å². The Kier molecular flexibility index (Phi) is 8.78. The van der Waals surface area contributed by atoms with Gasteiger partial charge in [0, 0.05) is 39.2 Å². The number of hydrogen-bond donors (Lipinski definition) is 0. The van der Waals surface area contributed by atoms with Crippen molar-refractivity contribution in [3.05, 3.63) is 249 Å². The first-order valence-electron chi connectivity index (χ1n) is 22.5. The molecule has 0 atom stereocenters. The van der Waals surface area contributed by atoms with E-state index < -0.39 is 0 Å². The summed E-state index contributed by atoms with van der Waals surface area (Å²) in [7, 11) is 0. The molecule has 13 rings (SSSR count). The highest BCUT2D eigenvalue weighted by Gasteiger charge is 2.20. The summed E-state index contributed by atoms with van der Waals surface area (Å²) in [6.45, 7) is 0. The molecule has 0 aliphatic heterocycles. The van der Waals surface area contributed by atoms with E-state index in [2.05, 4.69) is 267 Å². The van der Waals surface area contributed by atoms with Crippen molar-refractivity contribution in [2.75, 3.05) is 4.90 Å². The highest BCUT2D eigenvalue weighted by atomic mass is 15.2. The lowest BCUT2D eigenvalue weighted by atomic mass is 10.0. The number of hydrogen-bond acceptors (Lipinski definition) is 2. The van der Waals surface area contributed by atoms with Crippen LogP contribution in [0.15, 0.2) is 249 Å². The smallest absolute Gasteiger partial charge is 0.220 e. The lowest BCUT2D eigenvalue weighted by Crippen LogP contribution is -2.09. The Bertz CT molecular complexity index is 3740. The van der Waals surface area contributed by atoms with Crippen LogP contribution in [0.2, 0.25) is 0 Å². The minimum Gasteiger partial charge on any atom is -0.311 e. The maximum absolute atomic E-state index is 5.23. The van der Waals surface area contributed by atoms with Gasteiger partial charge < -0.3 is 9.47 Å². The quantitative estimate of drug-likeness (QED) is 0.153. The molecule has 310 valence electrons. The summed E-state index contributed by atoms with van der Waals surface area (Å²) >= 11 is 0. The lowest BCUT2D eigenvalue weighted by molar-refractivity contribution is 1.11. The summed E-state index contributed by atoms with van der Waals surface area (Å²) < 4.78 is 6.99. The average molecular weight is 844 g/mol. The van der Waals surface area contributed by atoms with Crippen LogP contribution in [0.1, 0.15) is 0 Å². The molecule has 5 nitrogen and oxygen atoms in total. The molecule has 3 aromatic heterocycles. The van der Waals surface area contributed by atoms with E-state index in [1.54, 1.807) is 0 Å². The minimum absolute atomic E-state index is 0.886. The summed E-state index contributed by atoms with van der Waals surface area (Å²) in [4.78, 5) is 7.57. The highest BCUT2D eigenvalue weighted by Crippen LogP contribution is 2.39. The lowest BCUT2D eigenvalue weighted by Gasteiger charge is -2.26. The molecule has 66 heavy (non-hydrogen) atoms. The molecule has 0 amide bonds. The van der Waals surface area contributed by atoms with Gasteiger partial charge in [0.15, 0.2) is 0 Å². The summed E-state index contributed by atoms with van der Waals surface area (Å²) in [5.41, 5.74) is 19.1. The highest BCUT2D eigenvalue weighted by molar-refractivity contribution is 6.09. The standard InChI is InChI=1S/C61H41N5/c1-3-13-42(14-4-1)44-23-31-48(32-24-44)63(49-33-25-45(26-34-49)43-15-5-2-6-16-43)50-35-27-46(28-36-50)47-29-37-51(38-30-47)65-60-41-52(39-40-59(60)66-58-22-12-9-19-55(58)62-61(65)66)64-56-20-10-7-17-53(56)54-18-8-11-21-57(54)64/h1-41H. The number of nitrogens with zero attached hydrogens (tertiary/aromatic N) is 5. The number of para-hydroxylation sites is 4. The van der Waals surface area contributed by atoms with Gasteiger partial charge in [-0.1, -0.05) is 158 Å². The largest absolute Gasteiger partial charge is 0.311 e. The number of aromatic nitrogens is 4. The van der Waals surface area contributed by atoms with Crippen LogP contribution in [-0.2, 0) is 0 Å². The predicted molar refractivity (Wildman–Crippen MR) is 275 cm³/mol. The fourth-order valence-electron chi connectivity index (χ4n) is 9.90. The van der Waals surface area contributed by atoms with Crippen molar-refractivity contribution in [1.82, 2.24) is 18.5 Å². The summed E-state index contributed by atoms with van der Waals surface area (Å²) in [5.74, 6) is 0.886. The number of rotatable bonds is 8. The van der Waals surface area contributed by atoms with Crippen LogP contribution in [0.4, 0.5) is 17.1 Å². The molecular weight excluding hydrogens is 803 g/mol. The van der Waals surface area contributed by atoms with Crippen molar-refractivity contribution in [3.63, 3.8) is 0 Å². The molecule has 13 aromatic rings. The van der Waals surface area contributed by atoms with Gasteiger partial charge in [-0.3, -0.25) is 8.97 Å². The van der Waals surface area contributed by atoms with Crippen LogP contribution in [0.3, 0.4) is 0 Å². The Balaban J connectivity index is 0.882. The fraction of sp³-hybridized carbons (Fsp3) is 0. The van der Waals surface area contributed by atoms with E-state index in [9.17, 15) is 0 Å². The zero-order valence-corrected chi connectivity index (χ0v) is 35.9. The van der Waals surface area contributed by atoms with Crippen LogP contribution in [0, 0.1) is 0 Å². The fourth-order valence-corrected chi connectivity index (χ4v) is 9.90. The molecule has 0 radical (unpaired) electrons. The first-order valence-corrected chi connectivity index (χ1v) is 22.5. The van der Waals surface area contributed by atoms with E-state index in [0.29, 0.717) is 0 Å². The third-order valence-electron chi connectivity index (χ3n) is 13.1. The maximum Gasteiger partial charge on any atom is 0.220 e. The van der Waals surface area contributed by atoms with E-state index in [-0.39, 0.29) is 0 Å². The van der Waals surface area contributed by atoms with Crippen LogP contribution in [0.5, 0.6) is 0 Å². The summed E-state index contributed by atoms with van der Waals surface area (Å²) in [5, 5.41) is 2.49. The molecule has 10 aromatic carbocycles. The first kappa shape index (κ1) is 37.6. The second-order valence-corrected chi connectivity index (χ2v) is 16.9. The predicted octanol–water partition coefficient (Wildman–Crippen LogP) is 16.0. The van der Waals surface area contributed by atoms with Crippen molar-refractivity contribution in [3.8, 4) is 44.8 Å². The SMILES string of the molecule is c1ccc(-c2ccc(N(c3ccc(-c4ccccc4)cc3)c3ccc(-c4ccc(-n5c6cc(-n7c8ccccc8c8ccccc87)ccc6n6c7ccccc7nc56)cc4)cc3)cc2)cc1. The minimum atomic E-state index is 0.886. The topological polar surface area (TPSA) is 30.4 Å². The van der Waals surface area contributed by atoms with Crippen LogP contribution in [0.25, 0.3) is 94.4 Å². The van der Waals surface area contributed by atoms with E-state index in [4.69, 9.17) is 4.98 Å². The van der Waals surface area contributed by atoms with Gasteiger partial charge in [0.2, 0.25) is 5.78 Å². The van der Waals surface area contributed by atoms with Gasteiger partial charge >= 0.3 is 0 Å². The van der Waals surface area contributed by atoms with Gasteiger partial charge in [-0.15, -0.1) is 0 Å². The molecule has 0 saturated carbocycles. The van der Waals surface area contributed by atoms with Gasteiger partial charge in [0.1, 0.15) is 0 Å². The molecule has 0 aliphatic rings. The molecule has 0 N–H and O–H groups in total. The molecule has 0 spiro atoms. The third kappa shape index (κ3) is 6.21. The Morgan fingerprint density at radius 2 is 0.697 bits per heavy atom. The Labute approximate surface area is 381 Å². The number of benzene rings is 10. The molecule has 3 heterocycles. The molecule has 0 fully saturated rings. The van der Waals surface area contributed by atoms with Crippen molar-refractivity contribution >= 4 is 66.7 Å². The monoisotopic (exact) mass is 843 g/mol. The Morgan fingerprint density at radius 1 is 0.288 bits per heavy atom. The molecule has 5 heteroatoms. The van der Waals surface area contributed by atoms with Crippen molar-refractivity contribution in [2.24, 2.45) is 0 Å². The molecule has 0 bridgehead atoms. The van der Waals surface area contributed by atoms with Crippen LogP contribution >= 0.6 is 0 Å².